The molecule has 1 fully saturated rings. The van der Waals surface area contributed by atoms with Crippen LogP contribution < -0.4 is 5.56 Å². The zero-order chi connectivity index (χ0) is 14.9. The van der Waals surface area contributed by atoms with Crippen LogP contribution in [0.4, 0.5) is 0 Å². The minimum Gasteiger partial charge on any atom is -0.375 e. The molecule has 20 heavy (non-hydrogen) atoms. The molecule has 0 saturated carbocycles. The van der Waals surface area contributed by atoms with Crippen LogP contribution in [0.15, 0.2) is 10.9 Å². The van der Waals surface area contributed by atoms with Gasteiger partial charge < -0.3 is 9.72 Å². The first-order valence-electron chi connectivity index (χ1n) is 7.21. The van der Waals surface area contributed by atoms with Gasteiger partial charge in [0, 0.05) is 24.8 Å². The molecule has 2 atom stereocenters. The fourth-order valence-electron chi connectivity index (χ4n) is 2.52. The summed E-state index contributed by atoms with van der Waals surface area (Å²) >= 11 is 0. The molecular formula is C15H25N3O2. The third kappa shape index (κ3) is 3.46. The number of aromatic amines is 1. The molecule has 0 amide bonds. The summed E-state index contributed by atoms with van der Waals surface area (Å²) in [4.78, 5) is 21.2. The number of aryl methyl sites for hydroxylation is 1. The molecule has 0 aromatic carbocycles. The molecule has 1 aromatic rings. The van der Waals surface area contributed by atoms with Gasteiger partial charge in [-0.3, -0.25) is 9.69 Å². The molecule has 2 heterocycles. The van der Waals surface area contributed by atoms with E-state index < -0.39 is 0 Å². The molecule has 5 heteroatoms. The van der Waals surface area contributed by atoms with E-state index in [2.05, 4.69) is 42.6 Å². The van der Waals surface area contributed by atoms with Gasteiger partial charge in [0.2, 0.25) is 0 Å². The Balaban J connectivity index is 2.16. The number of H-pyrrole nitrogens is 1. The highest BCUT2D eigenvalue weighted by molar-refractivity contribution is 5.04. The van der Waals surface area contributed by atoms with Crippen molar-refractivity contribution >= 4 is 0 Å². The third-order valence-corrected chi connectivity index (χ3v) is 3.90. The lowest BCUT2D eigenvalue weighted by Gasteiger charge is -2.41. The Morgan fingerprint density at radius 1 is 1.50 bits per heavy atom. The molecule has 1 saturated heterocycles. The quantitative estimate of drug-likeness (QED) is 0.898. The number of morpholine rings is 1. The van der Waals surface area contributed by atoms with Crippen molar-refractivity contribution in [2.75, 3.05) is 19.7 Å². The first kappa shape index (κ1) is 15.2. The predicted octanol–water partition coefficient (Wildman–Crippen LogP) is 1.89. The normalized spacial score (nSPS) is 22.8. The van der Waals surface area contributed by atoms with E-state index in [-0.39, 0.29) is 23.1 Å². The van der Waals surface area contributed by atoms with Gasteiger partial charge in [-0.05, 0) is 19.3 Å². The molecule has 1 N–H and O–H groups in total. The van der Waals surface area contributed by atoms with Crippen molar-refractivity contribution < 1.29 is 4.74 Å². The van der Waals surface area contributed by atoms with Gasteiger partial charge >= 0.3 is 0 Å². The summed E-state index contributed by atoms with van der Waals surface area (Å²) in [6.45, 7) is 13.0. The maximum Gasteiger partial charge on any atom is 0.251 e. The van der Waals surface area contributed by atoms with Crippen LogP contribution in [-0.4, -0.2) is 40.7 Å². The van der Waals surface area contributed by atoms with Crippen LogP contribution in [0.5, 0.6) is 0 Å². The zero-order valence-electron chi connectivity index (χ0n) is 13.1. The second-order valence-corrected chi connectivity index (χ2v) is 6.67. The van der Waals surface area contributed by atoms with Crippen molar-refractivity contribution in [1.29, 1.82) is 0 Å². The molecule has 2 rings (SSSR count). The molecule has 0 spiro atoms. The standard InChI is InChI=1S/C15H25N3O2/c1-10-8-13(19)17-14(16-10)11(2)18-6-7-20-12(9-18)15(3,4)5/h8,11-12H,6-7,9H2,1-5H3,(H,16,17,19)/t11-,12-/m0/s1. The SMILES string of the molecule is Cc1cc(=O)[nH]c([C@H](C)N2CCO[C@H](C(C)(C)C)C2)n1. The number of aromatic nitrogens is 2. The molecule has 1 aliphatic heterocycles. The molecule has 0 aliphatic carbocycles. The van der Waals surface area contributed by atoms with E-state index >= 15 is 0 Å². The number of nitrogens with zero attached hydrogens (tertiary/aromatic N) is 2. The van der Waals surface area contributed by atoms with Gasteiger partial charge in [0.25, 0.3) is 5.56 Å². The highest BCUT2D eigenvalue weighted by atomic mass is 16.5. The van der Waals surface area contributed by atoms with Crippen LogP contribution in [-0.2, 0) is 4.74 Å². The van der Waals surface area contributed by atoms with Crippen LogP contribution >= 0.6 is 0 Å². The molecule has 1 aliphatic rings. The van der Waals surface area contributed by atoms with Crippen molar-refractivity contribution in [1.82, 2.24) is 14.9 Å². The molecule has 1 aromatic heterocycles. The molecule has 0 radical (unpaired) electrons. The molecule has 0 unspecified atom stereocenters. The Morgan fingerprint density at radius 2 is 2.20 bits per heavy atom. The van der Waals surface area contributed by atoms with Crippen molar-refractivity contribution in [3.8, 4) is 0 Å². The summed E-state index contributed by atoms with van der Waals surface area (Å²) in [7, 11) is 0. The average Bonchev–Trinajstić information content (AvgIpc) is 2.36. The Morgan fingerprint density at radius 3 is 2.80 bits per heavy atom. The van der Waals surface area contributed by atoms with Gasteiger partial charge in [-0.2, -0.15) is 0 Å². The van der Waals surface area contributed by atoms with E-state index in [0.29, 0.717) is 0 Å². The lowest BCUT2D eigenvalue weighted by Crippen LogP contribution is -2.49. The average molecular weight is 279 g/mol. The highest BCUT2D eigenvalue weighted by Crippen LogP contribution is 2.28. The van der Waals surface area contributed by atoms with Crippen LogP contribution in [0.2, 0.25) is 0 Å². The Kier molecular flexibility index (Phi) is 4.30. The Bertz CT molecular complexity index is 519. The fourth-order valence-corrected chi connectivity index (χ4v) is 2.52. The lowest BCUT2D eigenvalue weighted by atomic mass is 9.88. The van der Waals surface area contributed by atoms with Crippen molar-refractivity contribution in [3.05, 3.63) is 27.9 Å². The van der Waals surface area contributed by atoms with Crippen LogP contribution in [0.25, 0.3) is 0 Å². The van der Waals surface area contributed by atoms with E-state index in [9.17, 15) is 4.79 Å². The van der Waals surface area contributed by atoms with E-state index in [0.717, 1.165) is 31.2 Å². The largest absolute Gasteiger partial charge is 0.375 e. The lowest BCUT2D eigenvalue weighted by molar-refractivity contribution is -0.0895. The Hall–Kier alpha value is -1.20. The smallest absolute Gasteiger partial charge is 0.251 e. The van der Waals surface area contributed by atoms with E-state index in [1.807, 2.05) is 6.92 Å². The summed E-state index contributed by atoms with van der Waals surface area (Å²) in [6, 6.07) is 1.62. The van der Waals surface area contributed by atoms with Crippen LogP contribution in [0, 0.1) is 12.3 Å². The summed E-state index contributed by atoms with van der Waals surface area (Å²) < 4.78 is 5.87. The first-order valence-corrected chi connectivity index (χ1v) is 7.21. The maximum atomic E-state index is 11.6. The van der Waals surface area contributed by atoms with Crippen molar-refractivity contribution in [2.45, 2.75) is 46.8 Å². The molecule has 112 valence electrons. The monoisotopic (exact) mass is 279 g/mol. The van der Waals surface area contributed by atoms with E-state index in [4.69, 9.17) is 4.74 Å². The summed E-state index contributed by atoms with van der Waals surface area (Å²) in [6.07, 6.45) is 0.204. The van der Waals surface area contributed by atoms with Gasteiger partial charge in [0.1, 0.15) is 5.82 Å². The summed E-state index contributed by atoms with van der Waals surface area (Å²) in [5.41, 5.74) is 0.794. The first-order chi connectivity index (χ1) is 9.27. The van der Waals surface area contributed by atoms with Gasteiger partial charge in [-0.1, -0.05) is 20.8 Å². The molecular weight excluding hydrogens is 254 g/mol. The third-order valence-electron chi connectivity index (χ3n) is 3.90. The van der Waals surface area contributed by atoms with Gasteiger partial charge in [-0.15, -0.1) is 0 Å². The van der Waals surface area contributed by atoms with Crippen molar-refractivity contribution in [2.24, 2.45) is 5.41 Å². The molecule has 0 bridgehead atoms. The second-order valence-electron chi connectivity index (χ2n) is 6.67. The van der Waals surface area contributed by atoms with Crippen molar-refractivity contribution in [3.63, 3.8) is 0 Å². The van der Waals surface area contributed by atoms with E-state index in [1.165, 1.54) is 6.07 Å². The summed E-state index contributed by atoms with van der Waals surface area (Å²) in [5, 5.41) is 0. The number of hydrogen-bond acceptors (Lipinski definition) is 4. The molecule has 5 nitrogen and oxygen atoms in total. The number of nitrogens with one attached hydrogen (secondary N) is 1. The maximum absolute atomic E-state index is 11.6. The zero-order valence-corrected chi connectivity index (χ0v) is 13.1. The van der Waals surface area contributed by atoms with Gasteiger partial charge in [-0.25, -0.2) is 4.98 Å². The van der Waals surface area contributed by atoms with E-state index in [1.54, 1.807) is 0 Å². The minimum atomic E-state index is -0.0834. The summed E-state index contributed by atoms with van der Waals surface area (Å²) in [5.74, 6) is 0.740. The number of ether oxygens (including phenoxy) is 1. The van der Waals surface area contributed by atoms with Gasteiger partial charge in [0.05, 0.1) is 18.8 Å². The van der Waals surface area contributed by atoms with Crippen LogP contribution in [0.3, 0.4) is 0 Å². The Labute approximate surface area is 120 Å². The number of hydrogen-bond donors (Lipinski definition) is 1. The van der Waals surface area contributed by atoms with Crippen LogP contribution in [0.1, 0.15) is 45.3 Å². The fraction of sp³-hybridized carbons (Fsp3) is 0.733. The van der Waals surface area contributed by atoms with Gasteiger partial charge in [0.15, 0.2) is 0 Å². The highest BCUT2D eigenvalue weighted by Gasteiger charge is 2.33. The minimum absolute atomic E-state index is 0.0834. The number of rotatable bonds is 2. The predicted molar refractivity (Wildman–Crippen MR) is 78.8 cm³/mol. The topological polar surface area (TPSA) is 58.2 Å². The second kappa shape index (κ2) is 5.66.